The summed E-state index contributed by atoms with van der Waals surface area (Å²) in [5.74, 6) is 6.76. The summed E-state index contributed by atoms with van der Waals surface area (Å²) in [5, 5.41) is 2.44. The van der Waals surface area contributed by atoms with Gasteiger partial charge in [0.05, 0.1) is 10.3 Å². The molecule has 0 amide bonds. The molecule has 3 aromatic carbocycles. The Hall–Kier alpha value is -3.17. The normalized spacial score (nSPS) is 18.1. The lowest BCUT2D eigenvalue weighted by atomic mass is 9.72. The van der Waals surface area contributed by atoms with Gasteiger partial charge in [-0.3, -0.25) is 4.79 Å². The number of benzene rings is 3. The number of nitrogens with two attached hydrogens (primary N) is 2. The molecule has 9 heteroatoms. The first-order valence-electron chi connectivity index (χ1n) is 16.3. The summed E-state index contributed by atoms with van der Waals surface area (Å²) in [7, 11) is 0. The van der Waals surface area contributed by atoms with E-state index in [0.717, 1.165) is 53.1 Å². The quantitative estimate of drug-likeness (QED) is 0.0819. The summed E-state index contributed by atoms with van der Waals surface area (Å²) in [6.45, 7) is 7.69. The molecule has 0 aromatic heterocycles. The van der Waals surface area contributed by atoms with Gasteiger partial charge in [0.2, 0.25) is 0 Å². The Kier molecular flexibility index (Phi) is 11.6. The molecule has 3 aromatic rings. The van der Waals surface area contributed by atoms with Gasteiger partial charge in [0.25, 0.3) is 0 Å². The van der Waals surface area contributed by atoms with Crippen molar-refractivity contribution in [2.24, 2.45) is 17.0 Å². The van der Waals surface area contributed by atoms with Crippen LogP contribution in [0.1, 0.15) is 81.9 Å². The van der Waals surface area contributed by atoms with Crippen molar-refractivity contribution in [1.82, 2.24) is 9.31 Å². The first-order chi connectivity index (χ1) is 22.1. The molecule has 1 saturated carbocycles. The van der Waals surface area contributed by atoms with Crippen molar-refractivity contribution in [2.45, 2.75) is 95.4 Å². The van der Waals surface area contributed by atoms with Gasteiger partial charge < -0.3 is 20.2 Å². The second-order valence-electron chi connectivity index (χ2n) is 13.0. The fraction of sp³-hybridized carbons (Fsp3) is 0.432. The summed E-state index contributed by atoms with van der Waals surface area (Å²) in [5.41, 5.74) is 9.35. The van der Waals surface area contributed by atoms with Gasteiger partial charge >= 0.3 is 5.97 Å². The number of hydrogen-bond donors (Lipinski definition) is 2. The SMILES string of the molecule is CC[C@@H]1CN(Cc2cc(C(CC/C(N)=C/N(N)C3CCC3)C(C)(C)C(=O)OCc3ccccc3)ccc2Cl)Sc2ccccc2O1. The van der Waals surface area contributed by atoms with Gasteiger partial charge in [-0.15, -0.1) is 0 Å². The van der Waals surface area contributed by atoms with E-state index in [1.807, 2.05) is 80.7 Å². The third-order valence-electron chi connectivity index (χ3n) is 9.19. The number of halogens is 1. The van der Waals surface area contributed by atoms with Gasteiger partial charge in [0, 0.05) is 36.1 Å². The van der Waals surface area contributed by atoms with Crippen LogP contribution in [0.3, 0.4) is 0 Å². The van der Waals surface area contributed by atoms with Crippen LogP contribution in [0.2, 0.25) is 5.02 Å². The predicted molar refractivity (Wildman–Crippen MR) is 187 cm³/mol. The highest BCUT2D eigenvalue weighted by molar-refractivity contribution is 7.97. The highest BCUT2D eigenvalue weighted by atomic mass is 35.5. The number of hydrazine groups is 1. The number of fused-ring (bicyclic) bond motifs is 1. The van der Waals surface area contributed by atoms with Crippen LogP contribution < -0.4 is 16.3 Å². The summed E-state index contributed by atoms with van der Waals surface area (Å²) in [4.78, 5) is 14.8. The number of allylic oxidation sites excluding steroid dienone is 1. The van der Waals surface area contributed by atoms with Crippen molar-refractivity contribution in [3.05, 3.63) is 106 Å². The van der Waals surface area contributed by atoms with Crippen molar-refractivity contribution in [3.63, 3.8) is 0 Å². The van der Waals surface area contributed by atoms with Gasteiger partial charge in [0.1, 0.15) is 18.5 Å². The number of ether oxygens (including phenoxy) is 2. The maximum atomic E-state index is 13.8. The fourth-order valence-corrected chi connectivity index (χ4v) is 7.27. The molecule has 1 aliphatic carbocycles. The molecule has 246 valence electrons. The Morgan fingerprint density at radius 1 is 1.15 bits per heavy atom. The molecule has 46 heavy (non-hydrogen) atoms. The molecule has 0 bridgehead atoms. The van der Waals surface area contributed by atoms with Crippen molar-refractivity contribution in [1.29, 1.82) is 0 Å². The van der Waals surface area contributed by atoms with Crippen LogP contribution in [0, 0.1) is 5.41 Å². The largest absolute Gasteiger partial charge is 0.488 e. The molecule has 1 aliphatic heterocycles. The minimum atomic E-state index is -0.839. The Morgan fingerprint density at radius 2 is 1.89 bits per heavy atom. The lowest BCUT2D eigenvalue weighted by Crippen LogP contribution is -2.41. The number of para-hydroxylation sites is 1. The molecule has 0 saturated heterocycles. The number of esters is 1. The number of nitrogens with zero attached hydrogens (tertiary/aromatic N) is 2. The topological polar surface area (TPSA) is 94.1 Å². The summed E-state index contributed by atoms with van der Waals surface area (Å²) < 4.78 is 14.5. The van der Waals surface area contributed by atoms with Crippen LogP contribution in [0.5, 0.6) is 5.75 Å². The number of hydrogen-bond acceptors (Lipinski definition) is 8. The molecule has 2 atom stereocenters. The zero-order chi connectivity index (χ0) is 32.7. The first-order valence-corrected chi connectivity index (χ1v) is 17.5. The number of carbonyl (C=O) groups excluding carboxylic acids is 1. The van der Waals surface area contributed by atoms with E-state index in [0.29, 0.717) is 36.1 Å². The summed E-state index contributed by atoms with van der Waals surface area (Å²) in [6.07, 6.45) is 7.43. The van der Waals surface area contributed by atoms with E-state index in [1.165, 1.54) is 6.42 Å². The smallest absolute Gasteiger partial charge is 0.312 e. The van der Waals surface area contributed by atoms with Gasteiger partial charge in [-0.05, 0) is 105 Å². The summed E-state index contributed by atoms with van der Waals surface area (Å²) in [6, 6.07) is 24.4. The lowest BCUT2D eigenvalue weighted by molar-refractivity contribution is -0.156. The molecule has 2 aliphatic rings. The predicted octanol–water partition coefficient (Wildman–Crippen LogP) is 8.18. The Balaban J connectivity index is 1.39. The van der Waals surface area contributed by atoms with Gasteiger partial charge in [-0.25, -0.2) is 10.1 Å². The van der Waals surface area contributed by atoms with E-state index in [1.54, 1.807) is 17.0 Å². The van der Waals surface area contributed by atoms with E-state index in [9.17, 15) is 4.79 Å². The third kappa shape index (κ3) is 8.59. The van der Waals surface area contributed by atoms with Crippen molar-refractivity contribution >= 4 is 29.5 Å². The van der Waals surface area contributed by atoms with Gasteiger partial charge in [-0.1, -0.05) is 73.1 Å². The zero-order valence-corrected chi connectivity index (χ0v) is 28.7. The number of carbonyl (C=O) groups is 1. The van der Waals surface area contributed by atoms with E-state index in [-0.39, 0.29) is 24.6 Å². The van der Waals surface area contributed by atoms with Crippen molar-refractivity contribution < 1.29 is 14.3 Å². The third-order valence-corrected chi connectivity index (χ3v) is 10.6. The molecular weight excluding hydrogens is 616 g/mol. The second kappa shape index (κ2) is 15.6. The molecule has 1 fully saturated rings. The monoisotopic (exact) mass is 662 g/mol. The standard InChI is InChI=1S/C37H47ClN4O3S/c1-4-31-24-41(46-35-16-9-8-15-34(35)45-31)22-28-21-27(17-20-33(28)38)32(19-18-29(39)23-42(40)30-13-10-14-30)37(2,3)36(43)44-25-26-11-6-5-7-12-26/h5-9,11-12,15-17,20-21,23,30-32H,4,10,13-14,18-19,22,24-25,39-40H2,1-3H3/b29-23-/t31-,32?/m1/s1. The first kappa shape index (κ1) is 34.2. The molecule has 5 rings (SSSR count). The van der Waals surface area contributed by atoms with Gasteiger partial charge in [0.15, 0.2) is 0 Å². The minimum Gasteiger partial charge on any atom is -0.488 e. The average Bonchev–Trinajstić information content (AvgIpc) is 3.19. The highest BCUT2D eigenvalue weighted by Crippen LogP contribution is 2.43. The van der Waals surface area contributed by atoms with Crippen molar-refractivity contribution in [3.8, 4) is 5.75 Å². The fourth-order valence-electron chi connectivity index (χ4n) is 6.03. The molecule has 0 radical (unpaired) electrons. The van der Waals surface area contributed by atoms with Gasteiger partial charge in [-0.2, -0.15) is 0 Å². The minimum absolute atomic E-state index is 0.0704. The Bertz CT molecular complexity index is 1500. The molecule has 1 unspecified atom stereocenters. The van der Waals surface area contributed by atoms with Crippen molar-refractivity contribution in [2.75, 3.05) is 6.54 Å². The van der Waals surface area contributed by atoms with E-state index < -0.39 is 5.41 Å². The summed E-state index contributed by atoms with van der Waals surface area (Å²) >= 11 is 8.55. The van der Waals surface area contributed by atoms with Crippen LogP contribution in [0.15, 0.2) is 89.6 Å². The molecule has 1 heterocycles. The Morgan fingerprint density at radius 3 is 2.61 bits per heavy atom. The Labute approximate surface area is 283 Å². The van der Waals surface area contributed by atoms with Crippen LogP contribution in [0.4, 0.5) is 0 Å². The zero-order valence-electron chi connectivity index (χ0n) is 27.2. The van der Waals surface area contributed by atoms with Crippen LogP contribution in [-0.2, 0) is 22.7 Å². The van der Waals surface area contributed by atoms with E-state index in [4.69, 9.17) is 32.7 Å². The van der Waals surface area contributed by atoms with Crippen LogP contribution in [0.25, 0.3) is 0 Å². The molecule has 0 spiro atoms. The number of rotatable bonds is 13. The molecule has 7 nitrogen and oxygen atoms in total. The highest BCUT2D eigenvalue weighted by Gasteiger charge is 2.39. The lowest BCUT2D eigenvalue weighted by Gasteiger charge is -2.34. The van der Waals surface area contributed by atoms with Crippen LogP contribution in [-0.4, -0.2) is 34.0 Å². The average molecular weight is 663 g/mol. The maximum absolute atomic E-state index is 13.8. The van der Waals surface area contributed by atoms with E-state index >= 15 is 0 Å². The van der Waals surface area contributed by atoms with Crippen LogP contribution >= 0.6 is 23.5 Å². The second-order valence-corrected chi connectivity index (χ2v) is 14.5. The van der Waals surface area contributed by atoms with E-state index in [2.05, 4.69) is 23.4 Å². The molecular formula is C37H47ClN4O3S. The maximum Gasteiger partial charge on any atom is 0.312 e. The molecule has 4 N–H and O–H groups in total.